The van der Waals surface area contributed by atoms with E-state index < -0.39 is 15.1 Å². The number of urea groups is 1. The van der Waals surface area contributed by atoms with E-state index in [4.69, 9.17) is 0 Å². The average Bonchev–Trinajstić information content (AvgIpc) is 2.94. The lowest BCUT2D eigenvalue weighted by Crippen LogP contribution is -2.52. The van der Waals surface area contributed by atoms with Gasteiger partial charge in [-0.2, -0.15) is 0 Å². The molecule has 1 unspecified atom stereocenters. The molecule has 5 nitrogen and oxygen atoms in total. The first-order valence-corrected chi connectivity index (χ1v) is 9.60. The molecule has 0 spiro atoms. The molecular formula is C14H22N2O3S2. The Morgan fingerprint density at radius 3 is 2.81 bits per heavy atom. The zero-order chi connectivity index (χ0) is 15.7. The fourth-order valence-electron chi connectivity index (χ4n) is 2.30. The Bertz CT molecular complexity index is 594. The van der Waals surface area contributed by atoms with Crippen molar-refractivity contribution in [2.75, 3.05) is 25.4 Å². The molecule has 1 aliphatic heterocycles. The van der Waals surface area contributed by atoms with Crippen molar-refractivity contribution in [3.8, 4) is 0 Å². The summed E-state index contributed by atoms with van der Waals surface area (Å²) >= 11 is 1.67. The Kier molecular flexibility index (Phi) is 4.63. The summed E-state index contributed by atoms with van der Waals surface area (Å²) in [6.45, 7) is 6.91. The predicted octanol–water partition coefficient (Wildman–Crippen LogP) is 1.85. The summed E-state index contributed by atoms with van der Waals surface area (Å²) in [5, 5.41) is 4.47. The normalized spacial score (nSPS) is 22.0. The van der Waals surface area contributed by atoms with Gasteiger partial charge in [-0.3, -0.25) is 0 Å². The largest absolute Gasteiger partial charge is 0.337 e. The van der Waals surface area contributed by atoms with Crippen LogP contribution in [0.3, 0.4) is 0 Å². The minimum atomic E-state index is -3.03. The van der Waals surface area contributed by atoms with Gasteiger partial charge in [0.05, 0.1) is 11.0 Å². The maximum absolute atomic E-state index is 12.2. The number of hydrogen-bond acceptors (Lipinski definition) is 4. The molecule has 1 aromatic heterocycles. The van der Waals surface area contributed by atoms with Gasteiger partial charge in [0.1, 0.15) is 0 Å². The smallest absolute Gasteiger partial charge is 0.317 e. The van der Waals surface area contributed by atoms with Crippen LogP contribution in [0.2, 0.25) is 0 Å². The Hall–Kier alpha value is -1.08. The lowest BCUT2D eigenvalue weighted by atomic mass is 9.91. The van der Waals surface area contributed by atoms with Crippen LogP contribution in [0, 0.1) is 0 Å². The molecule has 0 radical (unpaired) electrons. The molecule has 2 heterocycles. The number of carbonyl (C=O) groups excluding carboxylic acids is 1. The second-order valence-electron chi connectivity index (χ2n) is 6.14. The standard InChI is InChI=1S/C14H22N2O3S2/c1-11-9-16(6-8-21(11,18)19)13(17)15-10-14(2,3)12-5-4-7-20-12/h4-5,7,11H,6,8-10H2,1-3H3,(H,15,17). The van der Waals surface area contributed by atoms with Crippen LogP contribution in [0.1, 0.15) is 25.6 Å². The maximum Gasteiger partial charge on any atom is 0.317 e. The number of thiophene rings is 1. The van der Waals surface area contributed by atoms with Gasteiger partial charge in [-0.05, 0) is 18.4 Å². The van der Waals surface area contributed by atoms with Gasteiger partial charge in [0.2, 0.25) is 0 Å². The summed E-state index contributed by atoms with van der Waals surface area (Å²) in [4.78, 5) is 15.0. The van der Waals surface area contributed by atoms with E-state index in [0.29, 0.717) is 6.54 Å². The molecule has 0 saturated carbocycles. The van der Waals surface area contributed by atoms with Crippen LogP contribution >= 0.6 is 11.3 Å². The molecule has 1 aliphatic rings. The zero-order valence-corrected chi connectivity index (χ0v) is 14.3. The molecular weight excluding hydrogens is 308 g/mol. The minimum Gasteiger partial charge on any atom is -0.337 e. The lowest BCUT2D eigenvalue weighted by molar-refractivity contribution is 0.196. The van der Waals surface area contributed by atoms with Gasteiger partial charge in [-0.25, -0.2) is 13.2 Å². The highest BCUT2D eigenvalue weighted by molar-refractivity contribution is 7.92. The highest BCUT2D eigenvalue weighted by Crippen LogP contribution is 2.26. The number of rotatable bonds is 3. The van der Waals surface area contributed by atoms with E-state index in [2.05, 4.69) is 25.2 Å². The van der Waals surface area contributed by atoms with Crippen molar-refractivity contribution in [3.63, 3.8) is 0 Å². The quantitative estimate of drug-likeness (QED) is 0.920. The second-order valence-corrected chi connectivity index (χ2v) is 9.63. The van der Waals surface area contributed by atoms with Crippen LogP contribution in [-0.4, -0.2) is 50.0 Å². The van der Waals surface area contributed by atoms with Crippen LogP contribution in [0.15, 0.2) is 17.5 Å². The molecule has 1 N–H and O–H groups in total. The molecule has 1 atom stereocenters. The van der Waals surface area contributed by atoms with E-state index >= 15 is 0 Å². The van der Waals surface area contributed by atoms with Crippen molar-refractivity contribution in [3.05, 3.63) is 22.4 Å². The van der Waals surface area contributed by atoms with Crippen LogP contribution in [0.4, 0.5) is 4.79 Å². The number of nitrogens with one attached hydrogen (secondary N) is 1. The highest BCUT2D eigenvalue weighted by Gasteiger charge is 2.32. The molecule has 2 rings (SSSR count). The summed E-state index contributed by atoms with van der Waals surface area (Å²) in [6.07, 6.45) is 0. The number of carbonyl (C=O) groups is 1. The van der Waals surface area contributed by atoms with Crippen LogP contribution < -0.4 is 5.32 Å². The van der Waals surface area contributed by atoms with Gasteiger partial charge in [-0.1, -0.05) is 19.9 Å². The van der Waals surface area contributed by atoms with E-state index in [1.807, 2.05) is 11.4 Å². The third-order valence-electron chi connectivity index (χ3n) is 3.89. The number of hydrogen-bond donors (Lipinski definition) is 1. The first-order valence-electron chi connectivity index (χ1n) is 7.01. The van der Waals surface area contributed by atoms with Crippen LogP contribution in [-0.2, 0) is 15.3 Å². The molecule has 1 aromatic rings. The average molecular weight is 330 g/mol. The van der Waals surface area contributed by atoms with Gasteiger partial charge in [0, 0.05) is 29.9 Å². The van der Waals surface area contributed by atoms with E-state index in [-0.39, 0.29) is 30.3 Å². The molecule has 0 aromatic carbocycles. The van der Waals surface area contributed by atoms with Crippen molar-refractivity contribution in [1.82, 2.24) is 10.2 Å². The van der Waals surface area contributed by atoms with Gasteiger partial charge >= 0.3 is 6.03 Å². The SMILES string of the molecule is CC1CN(C(=O)NCC(C)(C)c2cccs2)CCS1(=O)=O. The van der Waals surface area contributed by atoms with E-state index in [1.54, 1.807) is 23.2 Å². The number of sulfone groups is 1. The minimum absolute atomic E-state index is 0.0515. The van der Waals surface area contributed by atoms with E-state index in [1.165, 1.54) is 4.88 Å². The Labute approximate surface area is 130 Å². The first-order chi connectivity index (χ1) is 9.72. The van der Waals surface area contributed by atoms with Crippen LogP contribution in [0.25, 0.3) is 0 Å². The van der Waals surface area contributed by atoms with Gasteiger partial charge in [0.15, 0.2) is 9.84 Å². The molecule has 118 valence electrons. The fourth-order valence-corrected chi connectivity index (χ4v) is 4.43. The van der Waals surface area contributed by atoms with E-state index in [0.717, 1.165) is 0 Å². The second kappa shape index (κ2) is 5.96. The summed E-state index contributed by atoms with van der Waals surface area (Å²) in [5.74, 6) is 0.0515. The lowest BCUT2D eigenvalue weighted by Gasteiger charge is -2.32. The van der Waals surface area contributed by atoms with Crippen molar-refractivity contribution < 1.29 is 13.2 Å². The molecule has 0 bridgehead atoms. The third-order valence-corrected chi connectivity index (χ3v) is 7.26. The predicted molar refractivity (Wildman–Crippen MR) is 85.6 cm³/mol. The van der Waals surface area contributed by atoms with E-state index in [9.17, 15) is 13.2 Å². The monoisotopic (exact) mass is 330 g/mol. The molecule has 7 heteroatoms. The molecule has 1 fully saturated rings. The Morgan fingerprint density at radius 2 is 2.24 bits per heavy atom. The Morgan fingerprint density at radius 1 is 1.52 bits per heavy atom. The summed E-state index contributed by atoms with van der Waals surface area (Å²) in [7, 11) is -3.03. The van der Waals surface area contributed by atoms with Gasteiger partial charge in [0.25, 0.3) is 0 Å². The van der Waals surface area contributed by atoms with Crippen molar-refractivity contribution in [2.24, 2.45) is 0 Å². The molecule has 1 saturated heterocycles. The number of nitrogens with zero attached hydrogens (tertiary/aromatic N) is 1. The summed E-state index contributed by atoms with van der Waals surface area (Å²) in [6, 6.07) is 3.88. The molecule has 21 heavy (non-hydrogen) atoms. The van der Waals surface area contributed by atoms with Crippen LogP contribution in [0.5, 0.6) is 0 Å². The number of amides is 2. The van der Waals surface area contributed by atoms with Gasteiger partial charge < -0.3 is 10.2 Å². The zero-order valence-electron chi connectivity index (χ0n) is 12.6. The highest BCUT2D eigenvalue weighted by atomic mass is 32.2. The summed E-state index contributed by atoms with van der Waals surface area (Å²) in [5.41, 5.74) is -0.128. The molecule has 2 amide bonds. The maximum atomic E-state index is 12.2. The fraction of sp³-hybridized carbons (Fsp3) is 0.643. The van der Waals surface area contributed by atoms with Gasteiger partial charge in [-0.15, -0.1) is 11.3 Å². The topological polar surface area (TPSA) is 66.5 Å². The van der Waals surface area contributed by atoms with Crippen molar-refractivity contribution in [1.29, 1.82) is 0 Å². The third kappa shape index (κ3) is 3.77. The van der Waals surface area contributed by atoms with Crippen molar-refractivity contribution >= 4 is 27.2 Å². The summed E-state index contributed by atoms with van der Waals surface area (Å²) < 4.78 is 23.3. The molecule has 0 aliphatic carbocycles. The van der Waals surface area contributed by atoms with Crippen molar-refractivity contribution in [2.45, 2.75) is 31.4 Å². The first kappa shape index (κ1) is 16.3. The Balaban J connectivity index is 1.91.